The van der Waals surface area contributed by atoms with Gasteiger partial charge >= 0.3 is 5.97 Å². The zero-order valence-electron chi connectivity index (χ0n) is 15.3. The Balaban J connectivity index is 1.72. The minimum Gasteiger partial charge on any atom is -0.508 e. The minimum absolute atomic E-state index is 0.0523. The summed E-state index contributed by atoms with van der Waals surface area (Å²) in [6.45, 7) is 2.37. The van der Waals surface area contributed by atoms with Crippen LogP contribution >= 0.6 is 22.9 Å². The molecule has 0 radical (unpaired) electrons. The van der Waals surface area contributed by atoms with Gasteiger partial charge in [-0.15, -0.1) is 11.3 Å². The maximum atomic E-state index is 14.7. The van der Waals surface area contributed by atoms with Crippen molar-refractivity contribution in [3.05, 3.63) is 52.3 Å². The van der Waals surface area contributed by atoms with Gasteiger partial charge in [0.05, 0.1) is 5.69 Å². The highest BCUT2D eigenvalue weighted by molar-refractivity contribution is 7.15. The van der Waals surface area contributed by atoms with Crippen molar-refractivity contribution in [2.75, 3.05) is 5.32 Å². The number of halogens is 2. The predicted molar refractivity (Wildman–Crippen MR) is 110 cm³/mol. The van der Waals surface area contributed by atoms with E-state index in [-0.39, 0.29) is 28.6 Å². The average Bonchev–Trinajstić information content (AvgIpc) is 3.26. The number of hydrogen-bond donors (Lipinski definition) is 4. The summed E-state index contributed by atoms with van der Waals surface area (Å²) in [4.78, 5) is 16.0. The standard InChI is InChI=1S/C19H19ClFN3O4S/c1-2-24-8-12(19(27)28)14(9-24)22-17(26)13(21)7-15-16(20)23-18(29-15)10-3-5-11(25)6-4-10/h3-6,8-9,13,17,22,25-26H,2,7H2,1H3,(H,27,28). The molecule has 3 aromatic rings. The number of anilines is 1. The number of carboxylic acid groups (broad SMARTS) is 1. The number of aromatic nitrogens is 2. The highest BCUT2D eigenvalue weighted by atomic mass is 35.5. The van der Waals surface area contributed by atoms with Crippen LogP contribution in [0.3, 0.4) is 0 Å². The summed E-state index contributed by atoms with van der Waals surface area (Å²) in [7, 11) is 0. The number of alkyl halides is 1. The van der Waals surface area contributed by atoms with E-state index in [0.717, 1.165) is 5.56 Å². The lowest BCUT2D eigenvalue weighted by atomic mass is 10.2. The number of aromatic hydroxyl groups is 1. The molecule has 4 N–H and O–H groups in total. The number of benzene rings is 1. The molecule has 0 fully saturated rings. The van der Waals surface area contributed by atoms with Crippen molar-refractivity contribution in [2.24, 2.45) is 0 Å². The van der Waals surface area contributed by atoms with Crippen LogP contribution in [-0.4, -0.2) is 43.2 Å². The Hall–Kier alpha value is -2.62. The Morgan fingerprint density at radius 3 is 2.66 bits per heavy atom. The molecule has 0 bridgehead atoms. The van der Waals surface area contributed by atoms with Gasteiger partial charge in [-0.2, -0.15) is 0 Å². The highest BCUT2D eigenvalue weighted by Crippen LogP contribution is 2.33. The van der Waals surface area contributed by atoms with Crippen molar-refractivity contribution < 1.29 is 24.5 Å². The number of hydrogen-bond acceptors (Lipinski definition) is 6. The van der Waals surface area contributed by atoms with Gasteiger partial charge in [0, 0.05) is 35.8 Å². The van der Waals surface area contributed by atoms with Crippen LogP contribution in [0.25, 0.3) is 10.6 Å². The van der Waals surface area contributed by atoms with Crippen LogP contribution in [0.5, 0.6) is 5.75 Å². The number of aryl methyl sites for hydroxylation is 1. The molecule has 0 spiro atoms. The van der Waals surface area contributed by atoms with Crippen molar-refractivity contribution in [3.63, 3.8) is 0 Å². The largest absolute Gasteiger partial charge is 0.508 e. The monoisotopic (exact) mass is 439 g/mol. The summed E-state index contributed by atoms with van der Waals surface area (Å²) < 4.78 is 16.3. The first-order valence-corrected chi connectivity index (χ1v) is 9.94. The number of thiazole rings is 1. The molecule has 2 heterocycles. The van der Waals surface area contributed by atoms with E-state index in [9.17, 15) is 24.5 Å². The third-order valence-electron chi connectivity index (χ3n) is 4.27. The molecule has 2 aromatic heterocycles. The molecule has 0 saturated heterocycles. The number of nitrogens with zero attached hydrogens (tertiary/aromatic N) is 2. The fraction of sp³-hybridized carbons (Fsp3) is 0.263. The van der Waals surface area contributed by atoms with E-state index in [1.165, 1.54) is 35.9 Å². The van der Waals surface area contributed by atoms with Crippen LogP contribution < -0.4 is 5.32 Å². The molecule has 2 unspecified atom stereocenters. The summed E-state index contributed by atoms with van der Waals surface area (Å²) in [5, 5.41) is 32.0. The molecule has 0 saturated carbocycles. The normalized spacial score (nSPS) is 13.2. The van der Waals surface area contributed by atoms with Gasteiger partial charge in [-0.25, -0.2) is 14.2 Å². The van der Waals surface area contributed by atoms with Crippen molar-refractivity contribution >= 4 is 34.6 Å². The lowest BCUT2D eigenvalue weighted by Crippen LogP contribution is -2.32. The van der Waals surface area contributed by atoms with Crippen LogP contribution in [0, 0.1) is 0 Å². The second-order valence-corrected chi connectivity index (χ2v) is 7.75. The lowest BCUT2D eigenvalue weighted by Gasteiger charge is -2.17. The van der Waals surface area contributed by atoms with Crippen LogP contribution in [0.4, 0.5) is 10.1 Å². The molecule has 2 atom stereocenters. The summed E-state index contributed by atoms with van der Waals surface area (Å²) in [6.07, 6.45) is -0.653. The van der Waals surface area contributed by atoms with Crippen LogP contribution in [0.15, 0.2) is 36.7 Å². The van der Waals surface area contributed by atoms with Gasteiger partial charge in [0.15, 0.2) is 6.23 Å². The number of aliphatic hydroxyl groups excluding tert-OH is 1. The van der Waals surface area contributed by atoms with Crippen molar-refractivity contribution in [3.8, 4) is 16.3 Å². The van der Waals surface area contributed by atoms with Crippen LogP contribution in [0.1, 0.15) is 22.2 Å². The maximum Gasteiger partial charge on any atom is 0.339 e. The third kappa shape index (κ3) is 4.87. The Morgan fingerprint density at radius 1 is 1.34 bits per heavy atom. The maximum absolute atomic E-state index is 14.7. The van der Waals surface area contributed by atoms with Gasteiger partial charge in [0.2, 0.25) is 0 Å². The zero-order chi connectivity index (χ0) is 21.1. The molecule has 0 aliphatic heterocycles. The van der Waals surface area contributed by atoms with Crippen molar-refractivity contribution in [1.82, 2.24) is 9.55 Å². The molecule has 1 aromatic carbocycles. The quantitative estimate of drug-likeness (QED) is 0.395. The van der Waals surface area contributed by atoms with E-state index in [1.807, 2.05) is 6.92 Å². The highest BCUT2D eigenvalue weighted by Gasteiger charge is 2.24. The summed E-state index contributed by atoms with van der Waals surface area (Å²) in [5.74, 6) is -1.06. The summed E-state index contributed by atoms with van der Waals surface area (Å²) in [5.41, 5.74) is 0.806. The molecule has 0 aliphatic rings. The first-order valence-electron chi connectivity index (χ1n) is 8.74. The first kappa shape index (κ1) is 21.1. The molecular formula is C19H19ClFN3O4S. The molecule has 3 rings (SSSR count). The zero-order valence-corrected chi connectivity index (χ0v) is 16.9. The Morgan fingerprint density at radius 2 is 2.03 bits per heavy atom. The van der Waals surface area contributed by atoms with Gasteiger partial charge in [0.1, 0.15) is 27.6 Å². The number of phenols is 1. The van der Waals surface area contributed by atoms with E-state index in [4.69, 9.17) is 11.6 Å². The van der Waals surface area contributed by atoms with Crippen LogP contribution in [-0.2, 0) is 13.0 Å². The van der Waals surface area contributed by atoms with E-state index < -0.39 is 18.4 Å². The predicted octanol–water partition coefficient (Wildman–Crippen LogP) is 4.00. The Labute approximate surface area is 175 Å². The minimum atomic E-state index is -1.74. The number of aliphatic hydroxyl groups is 1. The van der Waals surface area contributed by atoms with Gasteiger partial charge in [-0.1, -0.05) is 11.6 Å². The topological polar surface area (TPSA) is 108 Å². The fourth-order valence-electron chi connectivity index (χ4n) is 2.70. The molecule has 0 aliphatic carbocycles. The number of aromatic carboxylic acids is 1. The van der Waals surface area contributed by atoms with E-state index in [1.54, 1.807) is 16.7 Å². The van der Waals surface area contributed by atoms with Gasteiger partial charge in [0.25, 0.3) is 0 Å². The van der Waals surface area contributed by atoms with Gasteiger partial charge in [-0.3, -0.25) is 0 Å². The Kier molecular flexibility index (Phi) is 6.41. The molecule has 154 valence electrons. The second kappa shape index (κ2) is 8.81. The summed E-state index contributed by atoms with van der Waals surface area (Å²) >= 11 is 7.31. The lowest BCUT2D eigenvalue weighted by molar-refractivity contribution is 0.0696. The number of nitrogens with one attached hydrogen (secondary N) is 1. The fourth-order valence-corrected chi connectivity index (χ4v) is 4.03. The number of phenolic OH excluding ortho intramolecular Hbond substituents is 1. The van der Waals surface area contributed by atoms with E-state index >= 15 is 0 Å². The molecule has 29 heavy (non-hydrogen) atoms. The number of carboxylic acids is 1. The molecule has 7 nitrogen and oxygen atoms in total. The van der Waals surface area contributed by atoms with Crippen molar-refractivity contribution in [1.29, 1.82) is 0 Å². The van der Waals surface area contributed by atoms with E-state index in [2.05, 4.69) is 10.3 Å². The molecule has 0 amide bonds. The smallest absolute Gasteiger partial charge is 0.339 e. The SMILES string of the molecule is CCn1cc(NC(O)C(F)Cc2sc(-c3ccc(O)cc3)nc2Cl)c(C(=O)O)c1. The second-order valence-electron chi connectivity index (χ2n) is 6.31. The third-order valence-corrected chi connectivity index (χ3v) is 5.82. The first-order chi connectivity index (χ1) is 13.8. The average molecular weight is 440 g/mol. The van der Waals surface area contributed by atoms with Gasteiger partial charge < -0.3 is 25.2 Å². The summed E-state index contributed by atoms with van der Waals surface area (Å²) in [6, 6.07) is 6.36. The molecular weight excluding hydrogens is 421 g/mol. The Bertz CT molecular complexity index is 1010. The van der Waals surface area contributed by atoms with Crippen molar-refractivity contribution in [2.45, 2.75) is 32.3 Å². The number of carbonyl (C=O) groups is 1. The number of rotatable bonds is 8. The molecule has 10 heteroatoms. The van der Waals surface area contributed by atoms with E-state index in [0.29, 0.717) is 16.4 Å². The van der Waals surface area contributed by atoms with Crippen LogP contribution in [0.2, 0.25) is 5.15 Å². The van der Waals surface area contributed by atoms with Gasteiger partial charge in [-0.05, 0) is 31.2 Å².